The van der Waals surface area contributed by atoms with Gasteiger partial charge >= 0.3 is 0 Å². The van der Waals surface area contributed by atoms with Crippen LogP contribution >= 0.6 is 15.9 Å². The third kappa shape index (κ3) is 3.68. The van der Waals surface area contributed by atoms with Crippen LogP contribution in [0.4, 0.5) is 10.1 Å². The van der Waals surface area contributed by atoms with Gasteiger partial charge < -0.3 is 0 Å². The van der Waals surface area contributed by atoms with Crippen LogP contribution in [0.15, 0.2) is 51.8 Å². The van der Waals surface area contributed by atoms with E-state index < -0.39 is 15.8 Å². The lowest BCUT2D eigenvalue weighted by atomic mass is 10.2. The second-order valence-corrected chi connectivity index (χ2v) is 6.85. The van der Waals surface area contributed by atoms with Crippen LogP contribution in [0.25, 0.3) is 0 Å². The summed E-state index contributed by atoms with van der Waals surface area (Å²) in [5, 5.41) is 0. The van der Waals surface area contributed by atoms with E-state index in [9.17, 15) is 17.6 Å². The van der Waals surface area contributed by atoms with E-state index in [2.05, 4.69) is 20.7 Å². The molecule has 0 saturated carbocycles. The summed E-state index contributed by atoms with van der Waals surface area (Å²) in [6.45, 7) is 1.40. The third-order valence-electron chi connectivity index (χ3n) is 2.74. The maximum atomic E-state index is 13.1. The lowest BCUT2D eigenvalue weighted by Gasteiger charge is -2.09. The van der Waals surface area contributed by atoms with E-state index in [4.69, 9.17) is 0 Å². The first-order chi connectivity index (χ1) is 9.79. The van der Waals surface area contributed by atoms with E-state index in [-0.39, 0.29) is 20.8 Å². The summed E-state index contributed by atoms with van der Waals surface area (Å²) in [7, 11) is -3.79. The van der Waals surface area contributed by atoms with Crippen molar-refractivity contribution < 1.29 is 17.6 Å². The molecule has 2 aromatic rings. The van der Waals surface area contributed by atoms with Crippen LogP contribution in [-0.2, 0) is 10.0 Å². The lowest BCUT2D eigenvalue weighted by molar-refractivity contribution is 0.101. The molecule has 21 heavy (non-hydrogen) atoms. The lowest BCUT2D eigenvalue weighted by Crippen LogP contribution is -2.13. The number of benzene rings is 2. The predicted molar refractivity (Wildman–Crippen MR) is 81.4 cm³/mol. The highest BCUT2D eigenvalue weighted by Gasteiger charge is 2.15. The van der Waals surface area contributed by atoms with Crippen LogP contribution in [0, 0.1) is 5.82 Å². The number of halogens is 2. The van der Waals surface area contributed by atoms with Crippen molar-refractivity contribution in [1.29, 1.82) is 0 Å². The van der Waals surface area contributed by atoms with Gasteiger partial charge in [-0.2, -0.15) is 0 Å². The maximum Gasteiger partial charge on any atom is 0.261 e. The maximum absolute atomic E-state index is 13.1. The molecule has 1 N–H and O–H groups in total. The van der Waals surface area contributed by atoms with Crippen molar-refractivity contribution in [3.63, 3.8) is 0 Å². The number of hydrogen-bond acceptors (Lipinski definition) is 3. The zero-order valence-electron chi connectivity index (χ0n) is 10.9. The highest BCUT2D eigenvalue weighted by molar-refractivity contribution is 9.10. The highest BCUT2D eigenvalue weighted by Crippen LogP contribution is 2.22. The Morgan fingerprint density at radius 3 is 2.29 bits per heavy atom. The zero-order valence-corrected chi connectivity index (χ0v) is 13.3. The van der Waals surface area contributed by atoms with Gasteiger partial charge in [0.2, 0.25) is 0 Å². The van der Waals surface area contributed by atoms with Gasteiger partial charge in [-0.1, -0.05) is 12.1 Å². The molecular weight excluding hydrogens is 361 g/mol. The van der Waals surface area contributed by atoms with Gasteiger partial charge in [0, 0.05) is 5.56 Å². The Kier molecular flexibility index (Phi) is 4.43. The Morgan fingerprint density at radius 1 is 1.14 bits per heavy atom. The van der Waals surface area contributed by atoms with Gasteiger partial charge in [0.05, 0.1) is 15.1 Å². The Bertz CT molecular complexity index is 788. The van der Waals surface area contributed by atoms with Crippen LogP contribution in [0.5, 0.6) is 0 Å². The van der Waals surface area contributed by atoms with E-state index in [0.717, 1.165) is 6.07 Å². The number of carbonyl (C=O) groups is 1. The molecule has 0 amide bonds. The minimum Gasteiger partial charge on any atom is -0.295 e. The number of Topliss-reactive ketones (excluding diaryl/α,β-unsaturated/α-hetero) is 1. The van der Waals surface area contributed by atoms with Crippen LogP contribution in [0.3, 0.4) is 0 Å². The number of anilines is 1. The molecular formula is C14H11BrFNO3S. The molecule has 0 aliphatic rings. The summed E-state index contributed by atoms with van der Waals surface area (Å²) in [5.41, 5.74) is 0.664. The van der Waals surface area contributed by atoms with Gasteiger partial charge in [-0.3, -0.25) is 9.52 Å². The smallest absolute Gasteiger partial charge is 0.261 e. The van der Waals surface area contributed by atoms with E-state index >= 15 is 0 Å². The minimum absolute atomic E-state index is 0.0212. The average molecular weight is 372 g/mol. The van der Waals surface area contributed by atoms with Gasteiger partial charge in [0.25, 0.3) is 10.0 Å². The fraction of sp³-hybridized carbons (Fsp3) is 0.0714. The van der Waals surface area contributed by atoms with Crippen molar-refractivity contribution in [2.24, 2.45) is 0 Å². The van der Waals surface area contributed by atoms with Crippen LogP contribution < -0.4 is 4.72 Å². The average Bonchev–Trinajstić information content (AvgIpc) is 2.43. The molecule has 0 aliphatic carbocycles. The van der Waals surface area contributed by atoms with Gasteiger partial charge in [-0.15, -0.1) is 0 Å². The highest BCUT2D eigenvalue weighted by atomic mass is 79.9. The van der Waals surface area contributed by atoms with E-state index in [1.165, 1.54) is 43.3 Å². The van der Waals surface area contributed by atoms with Crippen LogP contribution in [0.2, 0.25) is 0 Å². The van der Waals surface area contributed by atoms with Crippen molar-refractivity contribution in [1.82, 2.24) is 0 Å². The van der Waals surface area contributed by atoms with E-state index in [1.807, 2.05) is 0 Å². The number of sulfonamides is 1. The van der Waals surface area contributed by atoms with Crippen molar-refractivity contribution in [2.45, 2.75) is 11.8 Å². The number of rotatable bonds is 4. The SMILES string of the molecule is CC(=O)c1ccc(S(=O)(=O)Nc2ccc(F)c(Br)c2)cc1. The molecule has 0 spiro atoms. The van der Waals surface area contributed by atoms with Gasteiger partial charge in [0.15, 0.2) is 5.78 Å². The number of carbonyl (C=O) groups excluding carboxylic acids is 1. The van der Waals surface area contributed by atoms with E-state index in [1.54, 1.807) is 0 Å². The van der Waals surface area contributed by atoms with Gasteiger partial charge in [0.1, 0.15) is 5.82 Å². The summed E-state index contributed by atoms with van der Waals surface area (Å²) >= 11 is 2.99. The third-order valence-corrected chi connectivity index (χ3v) is 4.75. The second kappa shape index (κ2) is 5.95. The number of ketones is 1. The normalized spacial score (nSPS) is 11.2. The predicted octanol–water partition coefficient (Wildman–Crippen LogP) is 3.59. The van der Waals surface area contributed by atoms with Crippen LogP contribution in [-0.4, -0.2) is 14.2 Å². The number of hydrogen-bond donors (Lipinski definition) is 1. The molecule has 0 aliphatic heterocycles. The molecule has 0 aromatic heterocycles. The molecule has 2 aromatic carbocycles. The quantitative estimate of drug-likeness (QED) is 0.835. The van der Waals surface area contributed by atoms with Gasteiger partial charge in [-0.05, 0) is 53.2 Å². The Balaban J connectivity index is 2.29. The Labute approximate surface area is 130 Å². The first-order valence-corrected chi connectivity index (χ1v) is 8.16. The van der Waals surface area contributed by atoms with Crippen molar-refractivity contribution in [2.75, 3.05) is 4.72 Å². The molecule has 2 rings (SSSR count). The van der Waals surface area contributed by atoms with Gasteiger partial charge in [-0.25, -0.2) is 12.8 Å². The molecule has 7 heteroatoms. The molecule has 4 nitrogen and oxygen atoms in total. The Hall–Kier alpha value is -1.73. The first-order valence-electron chi connectivity index (χ1n) is 5.88. The second-order valence-electron chi connectivity index (χ2n) is 4.31. The molecule has 0 bridgehead atoms. The fourth-order valence-electron chi connectivity index (χ4n) is 1.64. The molecule has 0 atom stereocenters. The van der Waals surface area contributed by atoms with E-state index in [0.29, 0.717) is 5.56 Å². The minimum atomic E-state index is -3.79. The molecule has 0 fully saturated rings. The largest absolute Gasteiger partial charge is 0.295 e. The van der Waals surface area contributed by atoms with Crippen molar-refractivity contribution in [3.8, 4) is 0 Å². The monoisotopic (exact) mass is 371 g/mol. The van der Waals surface area contributed by atoms with Crippen molar-refractivity contribution >= 4 is 37.4 Å². The number of nitrogens with one attached hydrogen (secondary N) is 1. The topological polar surface area (TPSA) is 63.2 Å². The summed E-state index contributed by atoms with van der Waals surface area (Å²) in [6.07, 6.45) is 0. The Morgan fingerprint density at radius 2 is 1.76 bits per heavy atom. The molecule has 0 radical (unpaired) electrons. The molecule has 0 saturated heterocycles. The molecule has 0 unspecified atom stereocenters. The first kappa shape index (κ1) is 15.7. The summed E-state index contributed by atoms with van der Waals surface area (Å²) < 4.78 is 40.0. The summed E-state index contributed by atoms with van der Waals surface area (Å²) in [6, 6.07) is 9.38. The molecule has 0 heterocycles. The fourth-order valence-corrected chi connectivity index (χ4v) is 3.07. The zero-order chi connectivity index (χ0) is 15.6. The summed E-state index contributed by atoms with van der Waals surface area (Å²) in [4.78, 5) is 11.2. The standard InChI is InChI=1S/C14H11BrFNO3S/c1-9(18)10-2-5-12(6-3-10)21(19,20)17-11-4-7-14(16)13(15)8-11/h2-8,17H,1H3. The van der Waals surface area contributed by atoms with Crippen molar-refractivity contribution in [3.05, 3.63) is 58.3 Å². The molecule has 110 valence electrons. The van der Waals surface area contributed by atoms with Crippen LogP contribution in [0.1, 0.15) is 17.3 Å². The summed E-state index contributed by atoms with van der Waals surface area (Å²) in [5.74, 6) is -0.627.